The molecule has 0 aliphatic rings. The number of unbranched alkanes of at least 4 members (excludes halogenated alkanes) is 3. The monoisotopic (exact) mass is 581 g/mol. The average Bonchev–Trinajstić information content (AvgIpc) is 3.06. The Labute approximate surface area is 257 Å². The van der Waals surface area contributed by atoms with Crippen LogP contribution in [0.15, 0.2) is 109 Å². The number of aliphatic hydroxyl groups is 2. The van der Waals surface area contributed by atoms with Crippen molar-refractivity contribution in [1.82, 2.24) is 4.90 Å². The second-order valence-corrected chi connectivity index (χ2v) is 11.2. The first kappa shape index (κ1) is 32.4. The second kappa shape index (κ2) is 18.9. The van der Waals surface area contributed by atoms with Gasteiger partial charge in [0.1, 0.15) is 12.4 Å². The molecule has 0 aliphatic heterocycles. The van der Waals surface area contributed by atoms with Crippen molar-refractivity contribution in [3.05, 3.63) is 137 Å². The number of hydrogen-bond acceptors (Lipinski definition) is 5. The number of aryl methyl sites for hydroxylation is 1. The van der Waals surface area contributed by atoms with Crippen molar-refractivity contribution in [2.45, 2.75) is 64.4 Å². The Morgan fingerprint density at radius 2 is 1.28 bits per heavy atom. The highest BCUT2D eigenvalue weighted by Crippen LogP contribution is 2.26. The number of ether oxygens (including phenoxy) is 2. The summed E-state index contributed by atoms with van der Waals surface area (Å²) in [5.41, 5.74) is 5.15. The molecule has 0 aromatic heterocycles. The molecule has 43 heavy (non-hydrogen) atoms. The van der Waals surface area contributed by atoms with Crippen molar-refractivity contribution in [2.75, 3.05) is 26.3 Å². The fraction of sp³-hybridized carbons (Fsp3) is 0.368. The van der Waals surface area contributed by atoms with Crippen LogP contribution in [0, 0.1) is 0 Å². The summed E-state index contributed by atoms with van der Waals surface area (Å²) in [6.07, 6.45) is 5.89. The largest absolute Gasteiger partial charge is 0.489 e. The fourth-order valence-electron chi connectivity index (χ4n) is 5.25. The minimum absolute atomic E-state index is 0.144. The first-order valence-electron chi connectivity index (χ1n) is 15.7. The van der Waals surface area contributed by atoms with Gasteiger partial charge in [-0.15, -0.1) is 0 Å². The molecular weight excluding hydrogens is 534 g/mol. The summed E-state index contributed by atoms with van der Waals surface area (Å²) in [5.74, 6) is 0.642. The first-order valence-corrected chi connectivity index (χ1v) is 15.7. The predicted molar refractivity (Wildman–Crippen MR) is 174 cm³/mol. The van der Waals surface area contributed by atoms with E-state index in [1.54, 1.807) is 0 Å². The van der Waals surface area contributed by atoms with Gasteiger partial charge in [-0.25, -0.2) is 0 Å². The minimum Gasteiger partial charge on any atom is -0.489 e. The van der Waals surface area contributed by atoms with Gasteiger partial charge >= 0.3 is 0 Å². The van der Waals surface area contributed by atoms with Crippen LogP contribution in [0.5, 0.6) is 5.75 Å². The van der Waals surface area contributed by atoms with E-state index in [0.29, 0.717) is 24.5 Å². The lowest BCUT2D eigenvalue weighted by atomic mass is 10.0. The van der Waals surface area contributed by atoms with Gasteiger partial charge in [0, 0.05) is 31.9 Å². The molecule has 0 fully saturated rings. The van der Waals surface area contributed by atoms with Crippen molar-refractivity contribution in [3.63, 3.8) is 0 Å². The van der Waals surface area contributed by atoms with Crippen LogP contribution in [-0.4, -0.2) is 41.4 Å². The van der Waals surface area contributed by atoms with E-state index in [1.807, 2.05) is 54.6 Å². The highest BCUT2D eigenvalue weighted by Gasteiger charge is 2.16. The third-order valence-corrected chi connectivity index (χ3v) is 7.67. The molecule has 0 saturated carbocycles. The normalized spacial score (nSPS) is 12.0. The lowest BCUT2D eigenvalue weighted by Crippen LogP contribution is -2.29. The molecule has 4 aromatic rings. The minimum atomic E-state index is -0.665. The Hall–Kier alpha value is -3.48. The SMILES string of the molecule is OCc1cc([C@@H](O)CN(CCCCCCOCCCc2ccccc2)Cc2ccccc2)ccc1OCc1ccccc1. The van der Waals surface area contributed by atoms with Crippen molar-refractivity contribution in [2.24, 2.45) is 0 Å². The molecule has 0 radical (unpaired) electrons. The van der Waals surface area contributed by atoms with Gasteiger partial charge in [-0.05, 0) is 66.6 Å². The standard InChI is InChI=1S/C38H47NO4/c40-30-36-27-35(22-23-38(36)43-31-34-19-10-5-11-20-34)37(41)29-39(28-33-17-8-4-9-18-33)24-12-1-2-13-25-42-26-14-21-32-15-6-3-7-16-32/h3-11,15-20,22-23,27,37,40-41H,1-2,12-14,21,24-26,28-31H2/t37-/m0/s1. The molecule has 5 nitrogen and oxygen atoms in total. The highest BCUT2D eigenvalue weighted by molar-refractivity contribution is 5.38. The van der Waals surface area contributed by atoms with E-state index in [9.17, 15) is 10.2 Å². The fourth-order valence-corrected chi connectivity index (χ4v) is 5.25. The van der Waals surface area contributed by atoms with Crippen LogP contribution >= 0.6 is 0 Å². The summed E-state index contributed by atoms with van der Waals surface area (Å²) >= 11 is 0. The second-order valence-electron chi connectivity index (χ2n) is 11.2. The van der Waals surface area contributed by atoms with E-state index < -0.39 is 6.10 Å². The van der Waals surface area contributed by atoms with Gasteiger partial charge in [-0.1, -0.05) is 110 Å². The topological polar surface area (TPSA) is 62.2 Å². The van der Waals surface area contributed by atoms with Crippen LogP contribution in [0.2, 0.25) is 0 Å². The molecule has 0 unspecified atom stereocenters. The molecule has 4 aromatic carbocycles. The first-order chi connectivity index (χ1) is 21.2. The Kier molecular flexibility index (Phi) is 14.3. The van der Waals surface area contributed by atoms with Crippen LogP contribution in [0.4, 0.5) is 0 Å². The molecule has 2 N–H and O–H groups in total. The Morgan fingerprint density at radius 3 is 1.98 bits per heavy atom. The van der Waals surface area contributed by atoms with Crippen molar-refractivity contribution in [3.8, 4) is 5.75 Å². The molecule has 1 atom stereocenters. The maximum atomic E-state index is 11.2. The zero-order valence-corrected chi connectivity index (χ0v) is 25.3. The Balaban J connectivity index is 1.21. The predicted octanol–water partition coefficient (Wildman–Crippen LogP) is 7.50. The van der Waals surface area contributed by atoms with Crippen molar-refractivity contribution >= 4 is 0 Å². The summed E-state index contributed by atoms with van der Waals surface area (Å²) in [4.78, 5) is 2.33. The summed E-state index contributed by atoms with van der Waals surface area (Å²) < 4.78 is 11.8. The van der Waals surface area contributed by atoms with Gasteiger partial charge in [-0.3, -0.25) is 4.90 Å². The maximum absolute atomic E-state index is 11.2. The molecule has 0 bridgehead atoms. The smallest absolute Gasteiger partial charge is 0.125 e. The van der Waals surface area contributed by atoms with Gasteiger partial charge in [0.2, 0.25) is 0 Å². The maximum Gasteiger partial charge on any atom is 0.125 e. The number of nitrogens with zero attached hydrogens (tertiary/aromatic N) is 1. The van der Waals surface area contributed by atoms with Crippen LogP contribution in [0.3, 0.4) is 0 Å². The highest BCUT2D eigenvalue weighted by atomic mass is 16.5. The number of hydrogen-bond donors (Lipinski definition) is 2. The molecule has 0 spiro atoms. The van der Waals surface area contributed by atoms with Crippen molar-refractivity contribution < 1.29 is 19.7 Å². The zero-order chi connectivity index (χ0) is 30.0. The van der Waals surface area contributed by atoms with E-state index in [-0.39, 0.29) is 6.61 Å². The third kappa shape index (κ3) is 12.0. The lowest BCUT2D eigenvalue weighted by molar-refractivity contribution is 0.106. The Morgan fingerprint density at radius 1 is 0.651 bits per heavy atom. The van der Waals surface area contributed by atoms with Gasteiger partial charge in [0.05, 0.1) is 12.7 Å². The van der Waals surface area contributed by atoms with Crippen LogP contribution in [0.1, 0.15) is 66.0 Å². The van der Waals surface area contributed by atoms with E-state index in [0.717, 1.165) is 76.0 Å². The number of aliphatic hydroxyl groups excluding tert-OH is 2. The zero-order valence-electron chi connectivity index (χ0n) is 25.3. The van der Waals surface area contributed by atoms with Gasteiger partial charge in [0.25, 0.3) is 0 Å². The van der Waals surface area contributed by atoms with Gasteiger partial charge in [-0.2, -0.15) is 0 Å². The molecular formula is C38H47NO4. The third-order valence-electron chi connectivity index (χ3n) is 7.67. The molecule has 5 heteroatoms. The van der Waals surface area contributed by atoms with Crippen LogP contribution < -0.4 is 4.74 Å². The summed E-state index contributed by atoms with van der Waals surface area (Å²) in [7, 11) is 0. The summed E-state index contributed by atoms with van der Waals surface area (Å²) in [5, 5.41) is 21.2. The lowest BCUT2D eigenvalue weighted by Gasteiger charge is -2.26. The molecule has 0 aliphatic carbocycles. The van der Waals surface area contributed by atoms with E-state index in [4.69, 9.17) is 9.47 Å². The van der Waals surface area contributed by atoms with Gasteiger partial charge < -0.3 is 19.7 Å². The molecule has 4 rings (SSSR count). The quantitative estimate of drug-likeness (QED) is 0.106. The van der Waals surface area contributed by atoms with Crippen LogP contribution in [0.25, 0.3) is 0 Å². The summed E-state index contributed by atoms with van der Waals surface area (Å²) in [6, 6.07) is 36.6. The van der Waals surface area contributed by atoms with E-state index in [2.05, 4.69) is 59.5 Å². The molecule has 228 valence electrons. The Bertz CT molecular complexity index is 1280. The van der Waals surface area contributed by atoms with Crippen molar-refractivity contribution in [1.29, 1.82) is 0 Å². The van der Waals surface area contributed by atoms with E-state index in [1.165, 1.54) is 11.1 Å². The van der Waals surface area contributed by atoms with E-state index >= 15 is 0 Å². The number of benzene rings is 4. The van der Waals surface area contributed by atoms with Gasteiger partial charge in [0.15, 0.2) is 0 Å². The van der Waals surface area contributed by atoms with Crippen LogP contribution in [-0.2, 0) is 30.9 Å². The number of rotatable bonds is 20. The molecule has 0 heterocycles. The average molecular weight is 582 g/mol. The molecule has 0 saturated heterocycles. The molecule has 0 amide bonds. The summed E-state index contributed by atoms with van der Waals surface area (Å²) in [6.45, 7) is 4.14.